The molecule has 0 saturated carbocycles. The molecule has 0 atom stereocenters. The van der Waals surface area contributed by atoms with Crippen LogP contribution in [0.5, 0.6) is 17.2 Å². The van der Waals surface area contributed by atoms with Gasteiger partial charge in [0.05, 0.1) is 12.7 Å². The van der Waals surface area contributed by atoms with Crippen molar-refractivity contribution < 1.29 is 23.8 Å². The van der Waals surface area contributed by atoms with Gasteiger partial charge in [0.1, 0.15) is 17.2 Å². The molecule has 0 fully saturated rings. The second-order valence-corrected chi connectivity index (χ2v) is 6.46. The number of carbonyl (C=O) groups is 2. The fourth-order valence-electron chi connectivity index (χ4n) is 2.70. The van der Waals surface area contributed by atoms with Gasteiger partial charge in [-0.25, -0.2) is 4.79 Å². The summed E-state index contributed by atoms with van der Waals surface area (Å²) in [5.74, 6) is 1.46. The lowest BCUT2D eigenvalue weighted by atomic mass is 10.1. The lowest BCUT2D eigenvalue weighted by Gasteiger charge is -2.09. The molecule has 3 aromatic carbocycles. The fraction of sp³-hybridized carbons (Fsp3) is 0.167. The van der Waals surface area contributed by atoms with E-state index in [1.165, 1.54) is 7.11 Å². The number of nitrogens with one attached hydrogen (secondary N) is 1. The van der Waals surface area contributed by atoms with E-state index in [0.29, 0.717) is 30.0 Å². The lowest BCUT2D eigenvalue weighted by molar-refractivity contribution is -0.123. The van der Waals surface area contributed by atoms with Gasteiger partial charge in [-0.05, 0) is 60.5 Å². The van der Waals surface area contributed by atoms with Crippen molar-refractivity contribution in [3.63, 3.8) is 0 Å². The van der Waals surface area contributed by atoms with Gasteiger partial charge in [-0.15, -0.1) is 0 Å². The first-order valence-corrected chi connectivity index (χ1v) is 9.54. The van der Waals surface area contributed by atoms with Gasteiger partial charge in [0.15, 0.2) is 6.61 Å². The molecule has 0 radical (unpaired) electrons. The molecule has 1 amide bonds. The van der Waals surface area contributed by atoms with E-state index < -0.39 is 0 Å². The topological polar surface area (TPSA) is 73.9 Å². The summed E-state index contributed by atoms with van der Waals surface area (Å²) >= 11 is 0. The zero-order valence-corrected chi connectivity index (χ0v) is 16.7. The van der Waals surface area contributed by atoms with E-state index in [2.05, 4.69) is 10.1 Å². The smallest absolute Gasteiger partial charge is 0.337 e. The van der Waals surface area contributed by atoms with Crippen LogP contribution in [-0.4, -0.2) is 32.1 Å². The van der Waals surface area contributed by atoms with E-state index in [4.69, 9.17) is 9.47 Å². The SMILES string of the molecule is COC(=O)c1ccc(CCNC(=O)COc2ccc(Oc3ccccc3)cc2)cc1. The van der Waals surface area contributed by atoms with Crippen molar-refractivity contribution in [3.8, 4) is 17.2 Å². The second-order valence-electron chi connectivity index (χ2n) is 6.46. The Morgan fingerprint density at radius 3 is 2.10 bits per heavy atom. The van der Waals surface area contributed by atoms with Crippen molar-refractivity contribution >= 4 is 11.9 Å². The van der Waals surface area contributed by atoms with E-state index in [9.17, 15) is 9.59 Å². The average Bonchev–Trinajstić information content (AvgIpc) is 2.79. The molecule has 3 aromatic rings. The molecule has 154 valence electrons. The van der Waals surface area contributed by atoms with Gasteiger partial charge in [0.25, 0.3) is 5.91 Å². The largest absolute Gasteiger partial charge is 0.484 e. The van der Waals surface area contributed by atoms with Crippen LogP contribution >= 0.6 is 0 Å². The maximum absolute atomic E-state index is 12.0. The molecule has 0 bridgehead atoms. The molecule has 3 rings (SSSR count). The maximum Gasteiger partial charge on any atom is 0.337 e. The number of carbonyl (C=O) groups excluding carboxylic acids is 2. The van der Waals surface area contributed by atoms with Crippen LogP contribution in [-0.2, 0) is 16.0 Å². The zero-order valence-electron chi connectivity index (χ0n) is 16.7. The Bertz CT molecular complexity index is 953. The highest BCUT2D eigenvalue weighted by Crippen LogP contribution is 2.23. The molecule has 0 aliphatic heterocycles. The molecule has 0 unspecified atom stereocenters. The molecular weight excluding hydrogens is 382 g/mol. The predicted octanol–water partition coefficient (Wildman–Crippen LogP) is 4.00. The molecule has 6 heteroatoms. The van der Waals surface area contributed by atoms with Gasteiger partial charge >= 0.3 is 5.97 Å². The van der Waals surface area contributed by atoms with Crippen LogP contribution in [0.3, 0.4) is 0 Å². The van der Waals surface area contributed by atoms with Gasteiger partial charge in [-0.3, -0.25) is 4.79 Å². The van der Waals surface area contributed by atoms with Crippen molar-refractivity contribution in [2.24, 2.45) is 0 Å². The van der Waals surface area contributed by atoms with Crippen molar-refractivity contribution in [2.75, 3.05) is 20.3 Å². The average molecular weight is 405 g/mol. The Labute approximate surface area is 175 Å². The minimum atomic E-state index is -0.369. The summed E-state index contributed by atoms with van der Waals surface area (Å²) < 4.78 is 15.9. The monoisotopic (exact) mass is 405 g/mol. The van der Waals surface area contributed by atoms with Crippen LogP contribution < -0.4 is 14.8 Å². The predicted molar refractivity (Wildman–Crippen MR) is 113 cm³/mol. The maximum atomic E-state index is 12.0. The Kier molecular flexibility index (Phi) is 7.44. The normalized spacial score (nSPS) is 10.2. The molecule has 1 N–H and O–H groups in total. The van der Waals surface area contributed by atoms with E-state index in [1.54, 1.807) is 36.4 Å². The van der Waals surface area contributed by atoms with Crippen molar-refractivity contribution in [1.29, 1.82) is 0 Å². The van der Waals surface area contributed by atoms with E-state index in [0.717, 1.165) is 11.3 Å². The summed E-state index contributed by atoms with van der Waals surface area (Å²) in [6.45, 7) is 0.407. The Morgan fingerprint density at radius 2 is 1.43 bits per heavy atom. The first-order valence-electron chi connectivity index (χ1n) is 9.54. The lowest BCUT2D eigenvalue weighted by Crippen LogP contribution is -2.30. The molecule has 0 heterocycles. The van der Waals surface area contributed by atoms with Crippen molar-refractivity contribution in [2.45, 2.75) is 6.42 Å². The Hall–Kier alpha value is -3.80. The van der Waals surface area contributed by atoms with E-state index >= 15 is 0 Å². The van der Waals surface area contributed by atoms with Gasteiger partial charge in [-0.2, -0.15) is 0 Å². The molecule has 0 spiro atoms. The molecule has 0 aliphatic carbocycles. The van der Waals surface area contributed by atoms with Gasteiger partial charge in [-0.1, -0.05) is 30.3 Å². The van der Waals surface area contributed by atoms with Crippen LogP contribution in [0.1, 0.15) is 15.9 Å². The second kappa shape index (κ2) is 10.7. The minimum absolute atomic E-state index is 0.0693. The number of rotatable bonds is 9. The van der Waals surface area contributed by atoms with Crippen LogP contribution in [0, 0.1) is 0 Å². The van der Waals surface area contributed by atoms with Gasteiger partial charge < -0.3 is 19.5 Å². The number of hydrogen-bond donors (Lipinski definition) is 1. The van der Waals surface area contributed by atoms with Crippen LogP contribution in [0.2, 0.25) is 0 Å². The Morgan fingerprint density at radius 1 is 0.800 bits per heavy atom. The molecule has 0 aliphatic rings. The Balaban J connectivity index is 1.37. The molecule has 0 saturated heterocycles. The number of hydrogen-bond acceptors (Lipinski definition) is 5. The molecule has 0 aromatic heterocycles. The summed E-state index contributed by atoms with van der Waals surface area (Å²) in [4.78, 5) is 23.4. The summed E-state index contributed by atoms with van der Waals surface area (Å²) in [5.41, 5.74) is 1.51. The van der Waals surface area contributed by atoms with E-state index in [1.807, 2.05) is 42.5 Å². The quantitative estimate of drug-likeness (QED) is 0.545. The summed E-state index contributed by atoms with van der Waals surface area (Å²) in [7, 11) is 1.35. The highest BCUT2D eigenvalue weighted by molar-refractivity contribution is 5.89. The highest BCUT2D eigenvalue weighted by Gasteiger charge is 2.06. The summed E-state index contributed by atoms with van der Waals surface area (Å²) in [5, 5.41) is 2.81. The standard InChI is InChI=1S/C24H23NO5/c1-28-24(27)19-9-7-18(8-10-19)15-16-25-23(26)17-29-20-11-13-22(14-12-20)30-21-5-3-2-4-6-21/h2-14H,15-17H2,1H3,(H,25,26). The summed E-state index contributed by atoms with van der Waals surface area (Å²) in [6, 6.07) is 23.7. The van der Waals surface area contributed by atoms with Crippen LogP contribution in [0.4, 0.5) is 0 Å². The number of para-hydroxylation sites is 1. The number of benzene rings is 3. The zero-order chi connectivity index (χ0) is 21.2. The molecule has 30 heavy (non-hydrogen) atoms. The third-order valence-electron chi connectivity index (χ3n) is 4.28. The van der Waals surface area contributed by atoms with Crippen LogP contribution in [0.25, 0.3) is 0 Å². The first-order chi connectivity index (χ1) is 14.6. The van der Waals surface area contributed by atoms with E-state index in [-0.39, 0.29) is 18.5 Å². The fourth-order valence-corrected chi connectivity index (χ4v) is 2.70. The first kappa shape index (κ1) is 20.9. The van der Waals surface area contributed by atoms with Gasteiger partial charge in [0, 0.05) is 6.54 Å². The van der Waals surface area contributed by atoms with Crippen molar-refractivity contribution in [3.05, 3.63) is 90.0 Å². The minimum Gasteiger partial charge on any atom is -0.484 e. The van der Waals surface area contributed by atoms with Gasteiger partial charge in [0.2, 0.25) is 0 Å². The number of amides is 1. The molecular formula is C24H23NO5. The van der Waals surface area contributed by atoms with Crippen LogP contribution in [0.15, 0.2) is 78.9 Å². The number of ether oxygens (including phenoxy) is 3. The highest BCUT2D eigenvalue weighted by atomic mass is 16.5. The third-order valence-corrected chi connectivity index (χ3v) is 4.28. The molecule has 6 nitrogen and oxygen atoms in total. The third kappa shape index (κ3) is 6.38. The number of esters is 1. The van der Waals surface area contributed by atoms with Crippen molar-refractivity contribution in [1.82, 2.24) is 5.32 Å². The summed E-state index contributed by atoms with van der Waals surface area (Å²) in [6.07, 6.45) is 0.652. The number of methoxy groups -OCH3 is 1.